The van der Waals surface area contributed by atoms with Crippen molar-refractivity contribution < 1.29 is 4.79 Å². The summed E-state index contributed by atoms with van der Waals surface area (Å²) < 4.78 is 0. The molecule has 2 aliphatic heterocycles. The number of likely N-dealkylation sites (N-methyl/N-ethyl adjacent to an activating group) is 1. The van der Waals surface area contributed by atoms with Crippen molar-refractivity contribution in [2.75, 3.05) is 51.2 Å². The molecular weight excluding hydrogens is 386 g/mol. The van der Waals surface area contributed by atoms with Gasteiger partial charge in [0.2, 0.25) is 5.91 Å². The number of amides is 1. The third-order valence-electron chi connectivity index (χ3n) is 6.01. The van der Waals surface area contributed by atoms with Gasteiger partial charge in [-0.1, -0.05) is 23.7 Å². The summed E-state index contributed by atoms with van der Waals surface area (Å²) >= 11 is 6.47. The van der Waals surface area contributed by atoms with Crippen LogP contribution in [-0.2, 0) is 4.79 Å². The molecule has 150 valence electrons. The number of anilines is 1. The Kier molecular flexibility index (Phi) is 4.68. The molecule has 1 aromatic heterocycles. The van der Waals surface area contributed by atoms with E-state index in [9.17, 15) is 4.79 Å². The van der Waals surface area contributed by atoms with E-state index in [2.05, 4.69) is 32.9 Å². The fourth-order valence-electron chi connectivity index (χ4n) is 4.10. The van der Waals surface area contributed by atoms with Gasteiger partial charge in [0.1, 0.15) is 5.82 Å². The molecule has 2 saturated heterocycles. The monoisotopic (exact) mass is 409 g/mol. The molecule has 29 heavy (non-hydrogen) atoms. The van der Waals surface area contributed by atoms with E-state index in [1.165, 1.54) is 0 Å². The standard InChI is InChI=1S/C22H24ClN5O/c1-26-8-10-27(11-9-26)22(29)15-13-28(14-15)16-6-7-18(23)17(12-16)21-24-19-4-2-3-5-20(19)25-21/h2-7,12,15H,8-11,13-14H2,1H3,(H,24,25). The van der Waals surface area contributed by atoms with Gasteiger partial charge in [0.15, 0.2) is 0 Å². The van der Waals surface area contributed by atoms with Crippen molar-refractivity contribution in [2.45, 2.75) is 0 Å². The molecule has 3 heterocycles. The van der Waals surface area contributed by atoms with Crippen molar-refractivity contribution in [2.24, 2.45) is 5.92 Å². The molecule has 5 rings (SSSR count). The summed E-state index contributed by atoms with van der Waals surface area (Å²) in [5.74, 6) is 1.15. The van der Waals surface area contributed by atoms with Crippen LogP contribution < -0.4 is 4.90 Å². The number of imidazole rings is 1. The molecule has 6 nitrogen and oxygen atoms in total. The molecule has 0 saturated carbocycles. The number of aromatic nitrogens is 2. The number of benzene rings is 2. The first-order valence-corrected chi connectivity index (χ1v) is 10.4. The Morgan fingerprint density at radius 3 is 2.62 bits per heavy atom. The van der Waals surface area contributed by atoms with E-state index in [0.29, 0.717) is 10.9 Å². The zero-order valence-electron chi connectivity index (χ0n) is 16.4. The molecule has 2 aromatic carbocycles. The molecule has 1 amide bonds. The van der Waals surface area contributed by atoms with Gasteiger partial charge in [0.05, 0.1) is 22.0 Å². The Balaban J connectivity index is 1.30. The Morgan fingerprint density at radius 1 is 1.10 bits per heavy atom. The first kappa shape index (κ1) is 18.5. The SMILES string of the molecule is CN1CCN(C(=O)C2CN(c3ccc(Cl)c(-c4nc5ccccc5[nH]4)c3)C2)CC1. The molecule has 0 unspecified atom stereocenters. The summed E-state index contributed by atoms with van der Waals surface area (Å²) in [4.78, 5) is 27.3. The number of aromatic amines is 1. The van der Waals surface area contributed by atoms with E-state index in [-0.39, 0.29) is 5.92 Å². The minimum atomic E-state index is 0.0868. The van der Waals surface area contributed by atoms with E-state index in [1.54, 1.807) is 0 Å². The number of H-pyrrole nitrogens is 1. The zero-order valence-corrected chi connectivity index (χ0v) is 17.2. The fourth-order valence-corrected chi connectivity index (χ4v) is 4.31. The molecule has 2 fully saturated rings. The molecule has 0 atom stereocenters. The van der Waals surface area contributed by atoms with E-state index in [1.807, 2.05) is 41.3 Å². The molecule has 0 radical (unpaired) electrons. The van der Waals surface area contributed by atoms with Crippen LogP contribution in [0.3, 0.4) is 0 Å². The molecule has 7 heteroatoms. The van der Waals surface area contributed by atoms with E-state index < -0.39 is 0 Å². The summed E-state index contributed by atoms with van der Waals surface area (Å²) in [7, 11) is 2.10. The van der Waals surface area contributed by atoms with Gasteiger partial charge >= 0.3 is 0 Å². The summed E-state index contributed by atoms with van der Waals surface area (Å²) in [6, 6.07) is 13.9. The number of fused-ring (bicyclic) bond motifs is 1. The maximum absolute atomic E-state index is 12.8. The van der Waals surface area contributed by atoms with Gasteiger partial charge in [-0.2, -0.15) is 0 Å². The number of halogens is 1. The molecule has 0 bridgehead atoms. The Morgan fingerprint density at radius 2 is 1.86 bits per heavy atom. The number of carbonyl (C=O) groups excluding carboxylic acids is 1. The number of nitrogens with one attached hydrogen (secondary N) is 1. The second-order valence-corrected chi connectivity index (χ2v) is 8.40. The molecule has 0 aliphatic carbocycles. The third kappa shape index (κ3) is 3.47. The highest BCUT2D eigenvalue weighted by Crippen LogP contribution is 2.34. The average Bonchev–Trinajstić information content (AvgIpc) is 3.12. The van der Waals surface area contributed by atoms with Crippen molar-refractivity contribution in [3.05, 3.63) is 47.5 Å². The van der Waals surface area contributed by atoms with Gasteiger partial charge in [0.25, 0.3) is 0 Å². The van der Waals surface area contributed by atoms with Crippen LogP contribution in [0.1, 0.15) is 0 Å². The van der Waals surface area contributed by atoms with Crippen LogP contribution in [0.5, 0.6) is 0 Å². The van der Waals surface area contributed by atoms with Crippen LogP contribution >= 0.6 is 11.6 Å². The van der Waals surface area contributed by atoms with Crippen LogP contribution in [0.2, 0.25) is 5.02 Å². The first-order chi connectivity index (χ1) is 14.1. The number of hydrogen-bond acceptors (Lipinski definition) is 4. The topological polar surface area (TPSA) is 55.5 Å². The lowest BCUT2D eigenvalue weighted by molar-refractivity contribution is -0.137. The first-order valence-electron chi connectivity index (χ1n) is 10.1. The van der Waals surface area contributed by atoms with Crippen LogP contribution in [0.4, 0.5) is 5.69 Å². The number of para-hydroxylation sites is 2. The summed E-state index contributed by atoms with van der Waals surface area (Å²) in [6.07, 6.45) is 0. The molecule has 1 N–H and O–H groups in total. The minimum Gasteiger partial charge on any atom is -0.370 e. The van der Waals surface area contributed by atoms with Gasteiger partial charge in [-0.15, -0.1) is 0 Å². The normalized spacial score (nSPS) is 18.3. The predicted octanol–water partition coefficient (Wildman–Crippen LogP) is 3.09. The van der Waals surface area contributed by atoms with Gasteiger partial charge in [-0.3, -0.25) is 4.79 Å². The maximum Gasteiger partial charge on any atom is 0.229 e. The molecule has 3 aromatic rings. The lowest BCUT2D eigenvalue weighted by Gasteiger charge is -2.43. The number of rotatable bonds is 3. The van der Waals surface area contributed by atoms with Crippen molar-refractivity contribution in [1.82, 2.24) is 19.8 Å². The minimum absolute atomic E-state index is 0.0868. The molecular formula is C22H24ClN5O. The zero-order chi connectivity index (χ0) is 20.0. The molecule has 2 aliphatic rings. The number of nitrogens with zero attached hydrogens (tertiary/aromatic N) is 4. The van der Waals surface area contributed by atoms with Crippen molar-refractivity contribution in [3.8, 4) is 11.4 Å². The fraction of sp³-hybridized carbons (Fsp3) is 0.364. The summed E-state index contributed by atoms with van der Waals surface area (Å²) in [6.45, 7) is 5.10. The van der Waals surface area contributed by atoms with Gasteiger partial charge in [-0.25, -0.2) is 4.98 Å². The van der Waals surface area contributed by atoms with Crippen LogP contribution in [0, 0.1) is 5.92 Å². The highest BCUT2D eigenvalue weighted by molar-refractivity contribution is 6.33. The van der Waals surface area contributed by atoms with E-state index >= 15 is 0 Å². The smallest absolute Gasteiger partial charge is 0.229 e. The molecule has 0 spiro atoms. The maximum atomic E-state index is 12.8. The second kappa shape index (κ2) is 7.35. The second-order valence-electron chi connectivity index (χ2n) is 8.00. The van der Waals surface area contributed by atoms with Gasteiger partial charge in [0, 0.05) is 50.5 Å². The lowest BCUT2D eigenvalue weighted by Crippen LogP contribution is -2.57. The van der Waals surface area contributed by atoms with Crippen molar-refractivity contribution in [3.63, 3.8) is 0 Å². The lowest BCUT2D eigenvalue weighted by atomic mass is 9.96. The number of carbonyl (C=O) groups is 1. The van der Waals surface area contributed by atoms with E-state index in [4.69, 9.17) is 11.6 Å². The Labute approximate surface area is 175 Å². The van der Waals surface area contributed by atoms with Crippen LogP contribution in [-0.4, -0.2) is 72.0 Å². The predicted molar refractivity (Wildman–Crippen MR) is 116 cm³/mol. The van der Waals surface area contributed by atoms with Crippen molar-refractivity contribution in [1.29, 1.82) is 0 Å². The quantitative estimate of drug-likeness (QED) is 0.722. The number of hydrogen-bond donors (Lipinski definition) is 1. The summed E-state index contributed by atoms with van der Waals surface area (Å²) in [5, 5.41) is 0.665. The summed E-state index contributed by atoms with van der Waals surface area (Å²) in [5.41, 5.74) is 3.87. The Bertz CT molecular complexity index is 1020. The largest absolute Gasteiger partial charge is 0.370 e. The highest BCUT2D eigenvalue weighted by atomic mass is 35.5. The van der Waals surface area contributed by atoms with Crippen molar-refractivity contribution >= 4 is 34.2 Å². The third-order valence-corrected chi connectivity index (χ3v) is 6.33. The van der Waals surface area contributed by atoms with Gasteiger partial charge < -0.3 is 19.7 Å². The van der Waals surface area contributed by atoms with Crippen LogP contribution in [0.25, 0.3) is 22.4 Å². The Hall–Kier alpha value is -2.57. The van der Waals surface area contributed by atoms with Crippen LogP contribution in [0.15, 0.2) is 42.5 Å². The van der Waals surface area contributed by atoms with E-state index in [0.717, 1.165) is 67.4 Å². The highest BCUT2D eigenvalue weighted by Gasteiger charge is 2.36. The number of piperazine rings is 1. The van der Waals surface area contributed by atoms with Gasteiger partial charge in [-0.05, 0) is 37.4 Å². The average molecular weight is 410 g/mol.